The molecule has 0 aliphatic carbocycles. The molecular formula is C14H14N4O3. The quantitative estimate of drug-likeness (QED) is 0.780. The Bertz CT molecular complexity index is 651. The lowest BCUT2D eigenvalue weighted by Gasteiger charge is -2.20. The molecule has 7 nitrogen and oxygen atoms in total. The van der Waals surface area contributed by atoms with Crippen LogP contribution in [0.25, 0.3) is 0 Å². The summed E-state index contributed by atoms with van der Waals surface area (Å²) in [4.78, 5) is 35.4. The summed E-state index contributed by atoms with van der Waals surface area (Å²) in [5.74, 6) is -0.353. The SMILES string of the molecule is CC1CC(=O)NN=C1c1ccc(N2CC(=O)NC2=O)cc1. The third kappa shape index (κ3) is 2.49. The van der Waals surface area contributed by atoms with Crippen molar-refractivity contribution in [1.82, 2.24) is 10.7 Å². The van der Waals surface area contributed by atoms with Gasteiger partial charge in [-0.3, -0.25) is 19.8 Å². The average Bonchev–Trinajstić information content (AvgIpc) is 2.78. The highest BCUT2D eigenvalue weighted by molar-refractivity contribution is 6.12. The molecule has 0 spiro atoms. The molecule has 0 aromatic heterocycles. The lowest BCUT2D eigenvalue weighted by Crippen LogP contribution is -2.32. The third-order valence-electron chi connectivity index (χ3n) is 3.53. The number of nitrogens with zero attached hydrogens (tertiary/aromatic N) is 2. The summed E-state index contributed by atoms with van der Waals surface area (Å²) >= 11 is 0. The van der Waals surface area contributed by atoms with Crippen molar-refractivity contribution in [1.29, 1.82) is 0 Å². The fourth-order valence-corrected chi connectivity index (χ4v) is 2.46. The fourth-order valence-electron chi connectivity index (χ4n) is 2.46. The Balaban J connectivity index is 1.83. The number of imide groups is 1. The maximum atomic E-state index is 11.6. The molecule has 1 fully saturated rings. The van der Waals surface area contributed by atoms with Gasteiger partial charge in [0.25, 0.3) is 0 Å². The second kappa shape index (κ2) is 5.01. The number of carbonyl (C=O) groups is 3. The van der Waals surface area contributed by atoms with Gasteiger partial charge in [-0.1, -0.05) is 19.1 Å². The Hall–Kier alpha value is -2.70. The number of carbonyl (C=O) groups excluding carboxylic acids is 3. The summed E-state index contributed by atoms with van der Waals surface area (Å²) in [5, 5.41) is 6.32. The van der Waals surface area contributed by atoms with Gasteiger partial charge >= 0.3 is 6.03 Å². The van der Waals surface area contributed by atoms with Crippen LogP contribution in [0.2, 0.25) is 0 Å². The van der Waals surface area contributed by atoms with Crippen LogP contribution < -0.4 is 15.6 Å². The minimum absolute atomic E-state index is 0.0333. The van der Waals surface area contributed by atoms with Gasteiger partial charge in [-0.25, -0.2) is 10.2 Å². The number of hydrogen-bond donors (Lipinski definition) is 2. The fraction of sp³-hybridized carbons (Fsp3) is 0.286. The van der Waals surface area contributed by atoms with E-state index in [1.165, 1.54) is 4.90 Å². The Kier molecular flexibility index (Phi) is 3.17. The molecule has 2 aliphatic heterocycles. The van der Waals surface area contributed by atoms with Gasteiger partial charge in [0.05, 0.1) is 5.71 Å². The molecule has 2 N–H and O–H groups in total. The van der Waals surface area contributed by atoms with Gasteiger partial charge in [-0.15, -0.1) is 0 Å². The summed E-state index contributed by atoms with van der Waals surface area (Å²) in [5.41, 5.74) is 4.82. The standard InChI is InChI=1S/C14H14N4O3/c1-8-6-11(19)16-17-13(8)9-2-4-10(5-3-9)18-7-12(20)15-14(18)21/h2-5,8H,6-7H2,1H3,(H,16,19)(H,15,20,21). The molecule has 2 aliphatic rings. The van der Waals surface area contributed by atoms with Crippen molar-refractivity contribution in [2.45, 2.75) is 13.3 Å². The molecule has 1 atom stereocenters. The van der Waals surface area contributed by atoms with Gasteiger partial charge in [-0.2, -0.15) is 5.10 Å². The monoisotopic (exact) mass is 286 g/mol. The maximum absolute atomic E-state index is 11.6. The van der Waals surface area contributed by atoms with E-state index in [9.17, 15) is 14.4 Å². The summed E-state index contributed by atoms with van der Waals surface area (Å²) in [7, 11) is 0. The van der Waals surface area contributed by atoms with Crippen LogP contribution in [0.15, 0.2) is 29.4 Å². The van der Waals surface area contributed by atoms with Gasteiger partial charge in [0.2, 0.25) is 11.8 Å². The normalized spacial score (nSPS) is 22.0. The third-order valence-corrected chi connectivity index (χ3v) is 3.53. The van der Waals surface area contributed by atoms with E-state index in [1.807, 2.05) is 19.1 Å². The predicted octanol–water partition coefficient (Wildman–Crippen LogP) is 0.603. The highest BCUT2D eigenvalue weighted by Gasteiger charge is 2.28. The first kappa shape index (κ1) is 13.3. The molecule has 0 saturated carbocycles. The van der Waals surface area contributed by atoms with Crippen LogP contribution in [0, 0.1) is 5.92 Å². The van der Waals surface area contributed by atoms with E-state index in [-0.39, 0.29) is 24.3 Å². The number of hydrazone groups is 1. The van der Waals surface area contributed by atoms with Gasteiger partial charge in [0, 0.05) is 18.0 Å². The van der Waals surface area contributed by atoms with E-state index < -0.39 is 6.03 Å². The Morgan fingerprint density at radius 1 is 1.14 bits per heavy atom. The minimum Gasteiger partial charge on any atom is -0.285 e. The van der Waals surface area contributed by atoms with Crippen LogP contribution in [0.4, 0.5) is 10.5 Å². The van der Waals surface area contributed by atoms with Crippen LogP contribution in [0.3, 0.4) is 0 Å². The molecule has 3 rings (SSSR count). The molecule has 2 heterocycles. The first-order chi connectivity index (χ1) is 10.0. The van der Waals surface area contributed by atoms with Crippen molar-refractivity contribution in [2.24, 2.45) is 11.0 Å². The largest absolute Gasteiger partial charge is 0.329 e. The van der Waals surface area contributed by atoms with E-state index in [1.54, 1.807) is 12.1 Å². The average molecular weight is 286 g/mol. The molecule has 1 unspecified atom stereocenters. The Morgan fingerprint density at radius 3 is 2.43 bits per heavy atom. The first-order valence-electron chi connectivity index (χ1n) is 6.63. The summed E-state index contributed by atoms with van der Waals surface area (Å²) in [6.45, 7) is 1.98. The molecular weight excluding hydrogens is 272 g/mol. The Morgan fingerprint density at radius 2 is 1.86 bits per heavy atom. The number of rotatable bonds is 2. The van der Waals surface area contributed by atoms with Gasteiger partial charge in [0.15, 0.2) is 0 Å². The van der Waals surface area contributed by atoms with Crippen molar-refractivity contribution in [2.75, 3.05) is 11.4 Å². The maximum Gasteiger partial charge on any atom is 0.329 e. The smallest absolute Gasteiger partial charge is 0.285 e. The number of urea groups is 1. The van der Waals surface area contributed by atoms with E-state index in [4.69, 9.17) is 0 Å². The molecule has 1 saturated heterocycles. The zero-order valence-corrected chi connectivity index (χ0v) is 11.4. The van der Waals surface area contributed by atoms with Gasteiger partial charge in [0.1, 0.15) is 6.54 Å². The van der Waals surface area contributed by atoms with E-state index in [0.717, 1.165) is 11.3 Å². The number of nitrogens with one attached hydrogen (secondary N) is 2. The molecule has 1 aromatic rings. The van der Waals surface area contributed by atoms with Crippen LogP contribution in [0.1, 0.15) is 18.9 Å². The van der Waals surface area contributed by atoms with Crippen LogP contribution in [0.5, 0.6) is 0 Å². The highest BCUT2D eigenvalue weighted by atomic mass is 16.2. The number of amides is 4. The van der Waals surface area contributed by atoms with E-state index >= 15 is 0 Å². The lowest BCUT2D eigenvalue weighted by atomic mass is 9.94. The van der Waals surface area contributed by atoms with Crippen LogP contribution >= 0.6 is 0 Å². The molecule has 21 heavy (non-hydrogen) atoms. The van der Waals surface area contributed by atoms with Crippen molar-refractivity contribution < 1.29 is 14.4 Å². The summed E-state index contributed by atoms with van der Waals surface area (Å²) in [6, 6.07) is 6.78. The van der Waals surface area contributed by atoms with E-state index in [2.05, 4.69) is 15.8 Å². The van der Waals surface area contributed by atoms with Crippen molar-refractivity contribution in [3.05, 3.63) is 29.8 Å². The first-order valence-corrected chi connectivity index (χ1v) is 6.63. The second-order valence-corrected chi connectivity index (χ2v) is 5.12. The number of benzene rings is 1. The molecule has 0 bridgehead atoms. The number of hydrogen-bond acceptors (Lipinski definition) is 4. The van der Waals surface area contributed by atoms with Crippen LogP contribution in [-0.2, 0) is 9.59 Å². The van der Waals surface area contributed by atoms with Crippen molar-refractivity contribution in [3.63, 3.8) is 0 Å². The van der Waals surface area contributed by atoms with Gasteiger partial charge in [-0.05, 0) is 17.7 Å². The van der Waals surface area contributed by atoms with Crippen molar-refractivity contribution >= 4 is 29.2 Å². The molecule has 0 radical (unpaired) electrons. The molecule has 108 valence electrons. The molecule has 7 heteroatoms. The topological polar surface area (TPSA) is 90.9 Å². The summed E-state index contributed by atoms with van der Waals surface area (Å²) < 4.78 is 0. The van der Waals surface area contributed by atoms with Gasteiger partial charge < -0.3 is 0 Å². The van der Waals surface area contributed by atoms with Crippen molar-refractivity contribution in [3.8, 4) is 0 Å². The minimum atomic E-state index is -0.414. The Labute approximate surface area is 121 Å². The second-order valence-electron chi connectivity index (χ2n) is 5.12. The lowest BCUT2D eigenvalue weighted by molar-refractivity contribution is -0.122. The zero-order chi connectivity index (χ0) is 15.0. The summed E-state index contributed by atoms with van der Waals surface area (Å²) in [6.07, 6.45) is 0.406. The van der Waals surface area contributed by atoms with Crippen LogP contribution in [-0.4, -0.2) is 30.1 Å². The van der Waals surface area contributed by atoms with E-state index in [0.29, 0.717) is 12.1 Å². The molecule has 4 amide bonds. The molecule has 1 aromatic carbocycles. The predicted molar refractivity (Wildman–Crippen MR) is 75.8 cm³/mol. The zero-order valence-electron chi connectivity index (χ0n) is 11.4. The number of anilines is 1. The highest BCUT2D eigenvalue weighted by Crippen LogP contribution is 2.21.